The molecule has 0 heterocycles. The minimum absolute atomic E-state index is 0.0695. The van der Waals surface area contributed by atoms with Crippen LogP contribution >= 0.6 is 0 Å². The molecule has 6 N–H and O–H groups in total. The van der Waals surface area contributed by atoms with E-state index < -0.39 is 17.9 Å². The molecule has 1 unspecified atom stereocenters. The van der Waals surface area contributed by atoms with Gasteiger partial charge in [-0.2, -0.15) is 0 Å². The first-order chi connectivity index (χ1) is 16.3. The summed E-state index contributed by atoms with van der Waals surface area (Å²) >= 11 is 0. The molecule has 0 saturated carbocycles. The number of amides is 3. The van der Waals surface area contributed by atoms with Crippen LogP contribution in [0.1, 0.15) is 18.1 Å². The molecular weight excluding hydrogens is 430 g/mol. The molecule has 0 aromatic heterocycles. The van der Waals surface area contributed by atoms with Gasteiger partial charge in [-0.05, 0) is 41.0 Å². The molecule has 0 radical (unpaired) electrons. The van der Waals surface area contributed by atoms with Crippen molar-refractivity contribution in [2.24, 2.45) is 5.73 Å². The van der Waals surface area contributed by atoms with Crippen molar-refractivity contribution in [2.75, 3.05) is 11.9 Å². The van der Waals surface area contributed by atoms with E-state index in [0.717, 1.165) is 16.7 Å². The SMILES string of the molecule is CC(=O)NCC(=O)NC(Cc1ccc(-c2ccccc2)cc1)C(=O)Nc1ccc(C(=N)N)cc1. The second-order valence-electron chi connectivity index (χ2n) is 7.78. The van der Waals surface area contributed by atoms with Crippen molar-refractivity contribution in [3.05, 3.63) is 90.0 Å². The Labute approximate surface area is 198 Å². The summed E-state index contributed by atoms with van der Waals surface area (Å²) in [6.45, 7) is 1.09. The third kappa shape index (κ3) is 7.03. The maximum atomic E-state index is 13.0. The van der Waals surface area contributed by atoms with E-state index in [1.807, 2.05) is 54.6 Å². The van der Waals surface area contributed by atoms with E-state index in [1.165, 1.54) is 6.92 Å². The normalized spacial score (nSPS) is 11.2. The van der Waals surface area contributed by atoms with Crippen LogP contribution in [-0.4, -0.2) is 36.1 Å². The highest BCUT2D eigenvalue weighted by atomic mass is 16.2. The number of carbonyl (C=O) groups excluding carboxylic acids is 3. The number of nitrogen functional groups attached to an aromatic ring is 1. The fraction of sp³-hybridized carbons (Fsp3) is 0.154. The minimum atomic E-state index is -0.865. The van der Waals surface area contributed by atoms with Crippen LogP contribution in [0.15, 0.2) is 78.9 Å². The van der Waals surface area contributed by atoms with E-state index in [-0.39, 0.29) is 24.7 Å². The van der Waals surface area contributed by atoms with Crippen LogP contribution < -0.4 is 21.7 Å². The highest BCUT2D eigenvalue weighted by molar-refractivity contribution is 5.99. The first kappa shape index (κ1) is 24.2. The van der Waals surface area contributed by atoms with Gasteiger partial charge in [-0.1, -0.05) is 54.6 Å². The number of amidine groups is 1. The van der Waals surface area contributed by atoms with Crippen LogP contribution in [0.4, 0.5) is 5.69 Å². The second kappa shape index (κ2) is 11.4. The Balaban J connectivity index is 1.74. The summed E-state index contributed by atoms with van der Waals surface area (Å²) in [6, 6.07) is 23.4. The molecule has 8 nitrogen and oxygen atoms in total. The van der Waals surface area contributed by atoms with Crippen LogP contribution in [0, 0.1) is 5.41 Å². The number of benzene rings is 3. The molecule has 0 bridgehead atoms. The average molecular weight is 458 g/mol. The van der Waals surface area contributed by atoms with Gasteiger partial charge in [-0.15, -0.1) is 0 Å². The zero-order chi connectivity index (χ0) is 24.5. The van der Waals surface area contributed by atoms with Gasteiger partial charge >= 0.3 is 0 Å². The van der Waals surface area contributed by atoms with Crippen LogP contribution in [0.3, 0.4) is 0 Å². The summed E-state index contributed by atoms with van der Waals surface area (Å²) in [5.41, 5.74) is 9.52. The van der Waals surface area contributed by atoms with Crippen LogP contribution in [0.5, 0.6) is 0 Å². The first-order valence-electron chi connectivity index (χ1n) is 10.8. The van der Waals surface area contributed by atoms with Crippen molar-refractivity contribution in [3.63, 3.8) is 0 Å². The van der Waals surface area contributed by atoms with Crippen LogP contribution in [-0.2, 0) is 20.8 Å². The van der Waals surface area contributed by atoms with Gasteiger partial charge in [0, 0.05) is 24.6 Å². The maximum absolute atomic E-state index is 13.0. The molecule has 3 aromatic rings. The fourth-order valence-electron chi connectivity index (χ4n) is 3.32. The van der Waals surface area contributed by atoms with Gasteiger partial charge in [-0.25, -0.2) is 0 Å². The fourth-order valence-corrected chi connectivity index (χ4v) is 3.32. The Morgan fingerprint density at radius 1 is 0.882 bits per heavy atom. The highest BCUT2D eigenvalue weighted by Crippen LogP contribution is 2.20. The standard InChI is InChI=1S/C26H27N5O3/c1-17(32)29-16-24(33)31-23(26(34)30-22-13-11-21(12-14-22)25(27)28)15-18-7-9-20(10-8-18)19-5-3-2-4-6-19/h2-14,23H,15-16H2,1H3,(H3,27,28)(H,29,32)(H,30,34)(H,31,33). The summed E-state index contributed by atoms with van der Waals surface area (Å²) < 4.78 is 0. The molecule has 174 valence electrons. The van der Waals surface area contributed by atoms with Crippen molar-refractivity contribution in [3.8, 4) is 11.1 Å². The monoisotopic (exact) mass is 457 g/mol. The van der Waals surface area contributed by atoms with Gasteiger partial charge in [-0.3, -0.25) is 19.8 Å². The Morgan fingerprint density at radius 2 is 1.50 bits per heavy atom. The lowest BCUT2D eigenvalue weighted by Gasteiger charge is -2.19. The molecule has 0 saturated heterocycles. The largest absolute Gasteiger partial charge is 0.384 e. The maximum Gasteiger partial charge on any atom is 0.247 e. The highest BCUT2D eigenvalue weighted by Gasteiger charge is 2.22. The molecule has 0 fully saturated rings. The lowest BCUT2D eigenvalue weighted by Crippen LogP contribution is -2.48. The summed E-state index contributed by atoms with van der Waals surface area (Å²) in [5.74, 6) is -1.28. The summed E-state index contributed by atoms with van der Waals surface area (Å²) in [5, 5.41) is 15.4. The van der Waals surface area contributed by atoms with E-state index in [2.05, 4.69) is 16.0 Å². The van der Waals surface area contributed by atoms with E-state index in [9.17, 15) is 14.4 Å². The predicted molar refractivity (Wildman–Crippen MR) is 132 cm³/mol. The van der Waals surface area contributed by atoms with E-state index >= 15 is 0 Å². The lowest BCUT2D eigenvalue weighted by atomic mass is 10.00. The van der Waals surface area contributed by atoms with Gasteiger partial charge in [0.2, 0.25) is 17.7 Å². The third-order valence-electron chi connectivity index (χ3n) is 5.11. The third-order valence-corrected chi connectivity index (χ3v) is 5.11. The smallest absolute Gasteiger partial charge is 0.247 e. The quantitative estimate of drug-likeness (QED) is 0.249. The molecule has 3 aromatic carbocycles. The van der Waals surface area contributed by atoms with Crippen molar-refractivity contribution in [2.45, 2.75) is 19.4 Å². The van der Waals surface area contributed by atoms with E-state index in [1.54, 1.807) is 24.3 Å². The molecule has 1 atom stereocenters. The number of carbonyl (C=O) groups is 3. The molecule has 0 aliphatic carbocycles. The van der Waals surface area contributed by atoms with E-state index in [4.69, 9.17) is 11.1 Å². The Morgan fingerprint density at radius 3 is 2.09 bits per heavy atom. The molecule has 3 amide bonds. The number of hydrogen-bond donors (Lipinski definition) is 5. The Hall–Kier alpha value is -4.46. The lowest BCUT2D eigenvalue weighted by molar-refractivity contribution is -0.127. The van der Waals surface area contributed by atoms with Crippen LogP contribution in [0.2, 0.25) is 0 Å². The summed E-state index contributed by atoms with van der Waals surface area (Å²) in [4.78, 5) is 36.5. The van der Waals surface area contributed by atoms with Gasteiger partial charge in [0.25, 0.3) is 0 Å². The van der Waals surface area contributed by atoms with Crippen molar-refractivity contribution in [1.29, 1.82) is 5.41 Å². The van der Waals surface area contributed by atoms with Gasteiger partial charge < -0.3 is 21.7 Å². The number of anilines is 1. The average Bonchev–Trinajstić information content (AvgIpc) is 2.83. The van der Waals surface area contributed by atoms with E-state index in [0.29, 0.717) is 11.3 Å². The number of hydrogen-bond acceptors (Lipinski definition) is 4. The first-order valence-corrected chi connectivity index (χ1v) is 10.8. The van der Waals surface area contributed by atoms with Gasteiger partial charge in [0.15, 0.2) is 0 Å². The predicted octanol–water partition coefficient (Wildman–Crippen LogP) is 2.44. The molecule has 8 heteroatoms. The molecule has 0 spiro atoms. The zero-order valence-corrected chi connectivity index (χ0v) is 18.8. The van der Waals surface area contributed by atoms with Crippen molar-refractivity contribution < 1.29 is 14.4 Å². The Kier molecular flexibility index (Phi) is 8.12. The summed E-state index contributed by atoms with van der Waals surface area (Å²) in [7, 11) is 0. The zero-order valence-electron chi connectivity index (χ0n) is 18.8. The topological polar surface area (TPSA) is 137 Å². The molecular formula is C26H27N5O3. The molecule has 0 aliphatic rings. The molecule has 0 aliphatic heterocycles. The van der Waals surface area contributed by atoms with Crippen LogP contribution in [0.25, 0.3) is 11.1 Å². The minimum Gasteiger partial charge on any atom is -0.384 e. The summed E-state index contributed by atoms with van der Waals surface area (Å²) in [6.07, 6.45) is 0.262. The van der Waals surface area contributed by atoms with Crippen molar-refractivity contribution in [1.82, 2.24) is 10.6 Å². The number of nitrogens with two attached hydrogens (primary N) is 1. The molecule has 34 heavy (non-hydrogen) atoms. The number of nitrogens with one attached hydrogen (secondary N) is 4. The second-order valence-corrected chi connectivity index (χ2v) is 7.78. The van der Waals surface area contributed by atoms with Crippen molar-refractivity contribution >= 4 is 29.2 Å². The Bertz CT molecular complexity index is 1160. The molecule has 3 rings (SSSR count). The van der Waals surface area contributed by atoms with Gasteiger partial charge in [0.1, 0.15) is 11.9 Å². The number of rotatable bonds is 9. The van der Waals surface area contributed by atoms with Gasteiger partial charge in [0.05, 0.1) is 6.54 Å².